The monoisotopic (exact) mass is 481 g/mol. The summed E-state index contributed by atoms with van der Waals surface area (Å²) in [5, 5.41) is 4.60. The summed E-state index contributed by atoms with van der Waals surface area (Å²) in [5.41, 5.74) is 6.96. The zero-order valence-corrected chi connectivity index (χ0v) is 18.5. The van der Waals surface area contributed by atoms with E-state index in [9.17, 15) is 17.2 Å². The van der Waals surface area contributed by atoms with Crippen molar-refractivity contribution in [3.05, 3.63) is 72.3 Å². The Bertz CT molecular complexity index is 1530. The van der Waals surface area contributed by atoms with E-state index in [1.165, 1.54) is 24.4 Å². The van der Waals surface area contributed by atoms with Crippen LogP contribution in [0.1, 0.15) is 11.3 Å². The molecule has 172 valence electrons. The number of benzene rings is 1. The Morgan fingerprint density at radius 1 is 1.03 bits per heavy atom. The van der Waals surface area contributed by atoms with Crippen molar-refractivity contribution in [2.75, 3.05) is 17.3 Å². The van der Waals surface area contributed by atoms with Crippen LogP contribution in [0.4, 0.5) is 26.1 Å². The molecule has 3 N–H and O–H groups in total. The number of rotatable bonds is 5. The minimum atomic E-state index is -3.29. The van der Waals surface area contributed by atoms with Crippen LogP contribution >= 0.6 is 0 Å². The number of alkyl halides is 2. The summed E-state index contributed by atoms with van der Waals surface area (Å²) in [6.07, 6.45) is 5.72. The molecule has 0 spiro atoms. The molecule has 3 aromatic heterocycles. The van der Waals surface area contributed by atoms with E-state index in [0.717, 1.165) is 11.6 Å². The third kappa shape index (κ3) is 5.36. The van der Waals surface area contributed by atoms with Gasteiger partial charge in [0.05, 0.1) is 4.90 Å². The molecular formula is C23H17F2N5O3S. The highest BCUT2D eigenvalue weighted by molar-refractivity contribution is 7.90. The molecule has 0 bridgehead atoms. The minimum Gasteiger partial charge on any atom is -0.431 e. The first-order valence-corrected chi connectivity index (χ1v) is 11.6. The number of nitrogens with zero attached hydrogens (tertiary/aromatic N) is 3. The van der Waals surface area contributed by atoms with Gasteiger partial charge in [-0.05, 0) is 42.3 Å². The van der Waals surface area contributed by atoms with Crippen molar-refractivity contribution in [3.8, 4) is 17.6 Å². The number of sulfone groups is 1. The number of nitrogens with two attached hydrogens (primary N) is 1. The zero-order chi connectivity index (χ0) is 24.3. The molecule has 4 rings (SSSR count). The Hall–Kier alpha value is -4.30. The number of aromatic nitrogens is 3. The van der Waals surface area contributed by atoms with E-state index in [4.69, 9.17) is 5.73 Å². The molecule has 0 radical (unpaired) electrons. The first kappa shape index (κ1) is 22.9. The molecule has 1 aromatic carbocycles. The van der Waals surface area contributed by atoms with Gasteiger partial charge in [-0.15, -0.1) is 0 Å². The number of anilines is 3. The second-order valence-electron chi connectivity index (χ2n) is 7.11. The van der Waals surface area contributed by atoms with Crippen LogP contribution in [0.2, 0.25) is 0 Å². The Labute approximate surface area is 193 Å². The van der Waals surface area contributed by atoms with Crippen LogP contribution in [0.25, 0.3) is 10.8 Å². The van der Waals surface area contributed by atoms with E-state index < -0.39 is 16.4 Å². The molecule has 0 saturated heterocycles. The van der Waals surface area contributed by atoms with E-state index in [1.807, 2.05) is 0 Å². The molecule has 0 aliphatic rings. The molecule has 0 fully saturated rings. The average molecular weight is 481 g/mol. The first-order valence-electron chi connectivity index (χ1n) is 9.73. The van der Waals surface area contributed by atoms with E-state index in [1.54, 1.807) is 36.7 Å². The fourth-order valence-corrected chi connectivity index (χ4v) is 3.64. The molecular weight excluding hydrogens is 464 g/mol. The maximum absolute atomic E-state index is 12.5. The summed E-state index contributed by atoms with van der Waals surface area (Å²) in [5.74, 6) is 5.81. The Morgan fingerprint density at radius 3 is 2.50 bits per heavy atom. The topological polar surface area (TPSA) is 120 Å². The van der Waals surface area contributed by atoms with Gasteiger partial charge in [-0.25, -0.2) is 23.4 Å². The summed E-state index contributed by atoms with van der Waals surface area (Å²) in [6.45, 7) is -3.03. The summed E-state index contributed by atoms with van der Waals surface area (Å²) < 4.78 is 52.7. The SMILES string of the molecule is CS(=O)(=O)c1ccc(Nc2cc3c(C#Cc4cnc(N)c(OC(F)F)c4)nccc3cn2)cc1. The number of ether oxygens (including phenoxy) is 1. The highest BCUT2D eigenvalue weighted by Gasteiger charge is 2.10. The second kappa shape index (κ2) is 9.29. The fourth-order valence-electron chi connectivity index (χ4n) is 3.01. The molecule has 0 aliphatic heterocycles. The van der Waals surface area contributed by atoms with Gasteiger partial charge in [-0.2, -0.15) is 8.78 Å². The average Bonchev–Trinajstić information content (AvgIpc) is 2.79. The standard InChI is InChI=1S/C23H17F2N5O3S/c1-34(31,32)17-5-3-16(4-6-17)30-21-11-18-15(13-28-21)8-9-27-19(18)7-2-14-10-20(33-23(24)25)22(26)29-12-14/h3-6,8-13,23H,1H3,(H2,26,29)(H,28,30). The molecule has 4 aromatic rings. The molecule has 0 unspecified atom stereocenters. The Balaban J connectivity index is 1.64. The molecule has 0 saturated carbocycles. The summed E-state index contributed by atoms with van der Waals surface area (Å²) >= 11 is 0. The molecule has 11 heteroatoms. The van der Waals surface area contributed by atoms with Crippen LogP contribution in [0.15, 0.2) is 66.0 Å². The van der Waals surface area contributed by atoms with Crippen molar-refractivity contribution in [3.63, 3.8) is 0 Å². The van der Waals surface area contributed by atoms with Crippen LogP contribution in [-0.2, 0) is 9.84 Å². The van der Waals surface area contributed by atoms with Gasteiger partial charge in [0.1, 0.15) is 11.5 Å². The molecule has 8 nitrogen and oxygen atoms in total. The third-order valence-electron chi connectivity index (χ3n) is 4.63. The maximum Gasteiger partial charge on any atom is 0.387 e. The smallest absolute Gasteiger partial charge is 0.387 e. The summed E-state index contributed by atoms with van der Waals surface area (Å²) in [7, 11) is -3.29. The quantitative estimate of drug-likeness (QED) is 0.414. The van der Waals surface area contributed by atoms with Gasteiger partial charge in [0.15, 0.2) is 21.4 Å². The number of hydrogen-bond acceptors (Lipinski definition) is 8. The maximum atomic E-state index is 12.5. The first-order chi connectivity index (χ1) is 16.2. The van der Waals surface area contributed by atoms with Gasteiger partial charge in [0, 0.05) is 52.9 Å². The summed E-state index contributed by atoms with van der Waals surface area (Å²) in [4.78, 5) is 12.7. The molecule has 0 atom stereocenters. The van der Waals surface area contributed by atoms with Crippen molar-refractivity contribution in [2.45, 2.75) is 11.5 Å². The predicted molar refractivity (Wildman–Crippen MR) is 124 cm³/mol. The highest BCUT2D eigenvalue weighted by Crippen LogP contribution is 2.24. The normalized spacial score (nSPS) is 11.2. The molecule has 0 amide bonds. The van der Waals surface area contributed by atoms with Crippen molar-refractivity contribution in [1.29, 1.82) is 0 Å². The largest absolute Gasteiger partial charge is 0.431 e. The lowest BCUT2D eigenvalue weighted by Gasteiger charge is -2.08. The highest BCUT2D eigenvalue weighted by atomic mass is 32.2. The van der Waals surface area contributed by atoms with Crippen molar-refractivity contribution in [1.82, 2.24) is 15.0 Å². The number of pyridine rings is 3. The second-order valence-corrected chi connectivity index (χ2v) is 9.12. The molecule has 0 aliphatic carbocycles. The lowest BCUT2D eigenvalue weighted by atomic mass is 10.1. The Morgan fingerprint density at radius 2 is 1.79 bits per heavy atom. The van der Waals surface area contributed by atoms with E-state index in [0.29, 0.717) is 28.1 Å². The number of hydrogen-bond donors (Lipinski definition) is 2. The van der Waals surface area contributed by atoms with Gasteiger partial charge >= 0.3 is 6.61 Å². The van der Waals surface area contributed by atoms with Gasteiger partial charge in [-0.1, -0.05) is 5.92 Å². The van der Waals surface area contributed by atoms with Crippen molar-refractivity contribution >= 4 is 37.9 Å². The van der Waals surface area contributed by atoms with Crippen molar-refractivity contribution < 1.29 is 21.9 Å². The lowest BCUT2D eigenvalue weighted by Crippen LogP contribution is -2.05. The van der Waals surface area contributed by atoms with Crippen LogP contribution in [0.3, 0.4) is 0 Å². The number of halogens is 2. The van der Waals surface area contributed by atoms with Gasteiger partial charge in [0.25, 0.3) is 0 Å². The van der Waals surface area contributed by atoms with Crippen LogP contribution in [0.5, 0.6) is 5.75 Å². The fraction of sp³-hybridized carbons (Fsp3) is 0.0870. The van der Waals surface area contributed by atoms with Crippen molar-refractivity contribution in [2.24, 2.45) is 0 Å². The Kier molecular flexibility index (Phi) is 6.25. The third-order valence-corrected chi connectivity index (χ3v) is 5.75. The number of nitrogens with one attached hydrogen (secondary N) is 1. The molecule has 34 heavy (non-hydrogen) atoms. The zero-order valence-electron chi connectivity index (χ0n) is 17.7. The summed E-state index contributed by atoms with van der Waals surface area (Å²) in [6, 6.07) is 11.1. The van der Waals surface area contributed by atoms with E-state index in [-0.39, 0.29) is 16.5 Å². The van der Waals surface area contributed by atoms with Crippen LogP contribution < -0.4 is 15.8 Å². The van der Waals surface area contributed by atoms with Gasteiger partial charge in [-0.3, -0.25) is 0 Å². The molecule has 3 heterocycles. The van der Waals surface area contributed by atoms with Crippen LogP contribution in [-0.4, -0.2) is 36.2 Å². The number of nitrogen functional groups attached to an aromatic ring is 1. The van der Waals surface area contributed by atoms with E-state index in [2.05, 4.69) is 36.8 Å². The lowest BCUT2D eigenvalue weighted by molar-refractivity contribution is -0.0495. The minimum absolute atomic E-state index is 0.166. The van der Waals surface area contributed by atoms with E-state index >= 15 is 0 Å². The van der Waals surface area contributed by atoms with Gasteiger partial charge < -0.3 is 15.8 Å². The number of fused-ring (bicyclic) bond motifs is 1. The van der Waals surface area contributed by atoms with Crippen LogP contribution in [0, 0.1) is 11.8 Å². The predicted octanol–water partition coefficient (Wildman–Crippen LogP) is 3.76. The van der Waals surface area contributed by atoms with Gasteiger partial charge in [0.2, 0.25) is 0 Å².